The van der Waals surface area contributed by atoms with Crippen molar-refractivity contribution in [3.05, 3.63) is 41.7 Å². The van der Waals surface area contributed by atoms with E-state index in [0.29, 0.717) is 22.2 Å². The molecular weight excluding hydrogens is 318 g/mol. The molecule has 0 saturated heterocycles. The molecule has 3 rings (SSSR count). The van der Waals surface area contributed by atoms with E-state index in [-0.39, 0.29) is 0 Å². The molecule has 0 saturated carbocycles. The Morgan fingerprint density at radius 1 is 1.30 bits per heavy atom. The van der Waals surface area contributed by atoms with Crippen LogP contribution in [0.25, 0.3) is 11.4 Å². The molecule has 7 nitrogen and oxygen atoms in total. The number of nitrogens with zero attached hydrogens (tertiary/aromatic N) is 3. The number of aryl methyl sites for hydroxylation is 1. The lowest BCUT2D eigenvalue weighted by Crippen LogP contribution is -2.02. The topological polar surface area (TPSA) is 83.3 Å². The number of thioether (sulfide) groups is 1. The van der Waals surface area contributed by atoms with Crippen LogP contribution in [-0.4, -0.2) is 27.8 Å². The van der Waals surface area contributed by atoms with Gasteiger partial charge in [0.15, 0.2) is 11.0 Å². The number of hydrogen-bond acceptors (Lipinski definition) is 7. The van der Waals surface area contributed by atoms with Crippen LogP contribution in [0.5, 0.6) is 0 Å². The van der Waals surface area contributed by atoms with Crippen molar-refractivity contribution in [3.8, 4) is 11.4 Å². The zero-order chi connectivity index (χ0) is 16.4. The second-order valence-electron chi connectivity index (χ2n) is 4.79. The third-order valence-electron chi connectivity index (χ3n) is 3.42. The summed E-state index contributed by atoms with van der Waals surface area (Å²) in [4.78, 5) is 11.6. The number of methoxy groups -OCH3 is 1. The van der Waals surface area contributed by atoms with Gasteiger partial charge in [-0.15, -0.1) is 10.2 Å². The van der Waals surface area contributed by atoms with Crippen LogP contribution in [-0.2, 0) is 17.5 Å². The number of rotatable bonds is 5. The second kappa shape index (κ2) is 6.33. The molecule has 0 bridgehead atoms. The van der Waals surface area contributed by atoms with Gasteiger partial charge in [0.05, 0.1) is 31.0 Å². The Morgan fingerprint density at radius 2 is 2.09 bits per heavy atom. The molecule has 0 aliphatic carbocycles. The minimum Gasteiger partial charge on any atom is -0.469 e. The monoisotopic (exact) mass is 333 g/mol. The zero-order valence-corrected chi connectivity index (χ0v) is 13.7. The maximum Gasteiger partial charge on any atom is 0.341 e. The van der Waals surface area contributed by atoms with Gasteiger partial charge in [-0.05, 0) is 19.1 Å². The molecule has 0 unspecified atom stereocenters. The van der Waals surface area contributed by atoms with Crippen LogP contribution in [0.3, 0.4) is 0 Å². The Bertz CT molecular complexity index is 834. The molecule has 120 valence electrons. The van der Waals surface area contributed by atoms with E-state index in [9.17, 15) is 4.79 Å². The lowest BCUT2D eigenvalue weighted by Gasteiger charge is -2.03. The number of ether oxygens (including phenoxy) is 1. The molecule has 0 aromatic carbocycles. The third-order valence-corrected chi connectivity index (χ3v) is 4.44. The lowest BCUT2D eigenvalue weighted by molar-refractivity contribution is 0.0598. The number of furan rings is 2. The van der Waals surface area contributed by atoms with Gasteiger partial charge in [-0.25, -0.2) is 4.79 Å². The first-order chi connectivity index (χ1) is 11.1. The van der Waals surface area contributed by atoms with Crippen LogP contribution in [0.4, 0.5) is 0 Å². The Hall–Kier alpha value is -2.48. The molecule has 0 aliphatic rings. The predicted molar refractivity (Wildman–Crippen MR) is 83.1 cm³/mol. The van der Waals surface area contributed by atoms with E-state index in [1.54, 1.807) is 12.3 Å². The summed E-state index contributed by atoms with van der Waals surface area (Å²) in [7, 11) is 3.22. The van der Waals surface area contributed by atoms with Crippen LogP contribution in [0, 0.1) is 6.92 Å². The summed E-state index contributed by atoms with van der Waals surface area (Å²) in [6.45, 7) is 1.88. The fourth-order valence-electron chi connectivity index (χ4n) is 2.17. The third kappa shape index (κ3) is 2.89. The Kier molecular flexibility index (Phi) is 4.24. The van der Waals surface area contributed by atoms with Crippen molar-refractivity contribution >= 4 is 17.7 Å². The van der Waals surface area contributed by atoms with Crippen LogP contribution >= 0.6 is 11.8 Å². The van der Waals surface area contributed by atoms with E-state index in [0.717, 1.165) is 17.1 Å². The molecule has 0 aliphatic heterocycles. The fraction of sp³-hybridized carbons (Fsp3) is 0.267. The summed E-state index contributed by atoms with van der Waals surface area (Å²) in [5, 5.41) is 9.10. The largest absolute Gasteiger partial charge is 0.469 e. The molecule has 0 N–H and O–H groups in total. The van der Waals surface area contributed by atoms with E-state index in [1.807, 2.05) is 24.6 Å². The van der Waals surface area contributed by atoms with Gasteiger partial charge in [-0.3, -0.25) is 0 Å². The number of esters is 1. The second-order valence-corrected chi connectivity index (χ2v) is 5.74. The van der Waals surface area contributed by atoms with Gasteiger partial charge < -0.3 is 18.1 Å². The number of carbonyl (C=O) groups is 1. The maximum atomic E-state index is 11.6. The van der Waals surface area contributed by atoms with Gasteiger partial charge in [0.2, 0.25) is 0 Å². The maximum absolute atomic E-state index is 11.6. The van der Waals surface area contributed by atoms with E-state index >= 15 is 0 Å². The summed E-state index contributed by atoms with van der Waals surface area (Å²) >= 11 is 1.43. The van der Waals surface area contributed by atoms with Gasteiger partial charge in [-0.1, -0.05) is 11.8 Å². The van der Waals surface area contributed by atoms with Crippen molar-refractivity contribution in [2.24, 2.45) is 7.05 Å². The van der Waals surface area contributed by atoms with E-state index in [4.69, 9.17) is 13.6 Å². The molecule has 0 radical (unpaired) electrons. The normalized spacial score (nSPS) is 10.9. The molecule has 0 spiro atoms. The van der Waals surface area contributed by atoms with Crippen LogP contribution in [0.15, 0.2) is 38.6 Å². The molecule has 0 fully saturated rings. The highest BCUT2D eigenvalue weighted by molar-refractivity contribution is 7.98. The summed E-state index contributed by atoms with van der Waals surface area (Å²) in [5.41, 5.74) is 1.33. The van der Waals surface area contributed by atoms with Gasteiger partial charge in [0.1, 0.15) is 17.1 Å². The highest BCUT2D eigenvalue weighted by Gasteiger charge is 2.18. The van der Waals surface area contributed by atoms with Crippen molar-refractivity contribution in [3.63, 3.8) is 0 Å². The van der Waals surface area contributed by atoms with Gasteiger partial charge >= 0.3 is 5.97 Å². The van der Waals surface area contributed by atoms with Gasteiger partial charge in [0.25, 0.3) is 0 Å². The first kappa shape index (κ1) is 15.4. The van der Waals surface area contributed by atoms with Crippen molar-refractivity contribution in [1.29, 1.82) is 0 Å². The van der Waals surface area contributed by atoms with Crippen molar-refractivity contribution in [1.82, 2.24) is 14.8 Å². The molecule has 23 heavy (non-hydrogen) atoms. The standard InChI is InChI=1S/C15H15N3O4S/c1-9-10(4-6-21-9)13-16-17-15(18(13)2)23-8-12-11(5-7-22-12)14(19)20-3/h4-7H,8H2,1-3H3. The van der Waals surface area contributed by atoms with Gasteiger partial charge in [-0.2, -0.15) is 0 Å². The highest BCUT2D eigenvalue weighted by atomic mass is 32.2. The van der Waals surface area contributed by atoms with E-state index in [2.05, 4.69) is 10.2 Å². The lowest BCUT2D eigenvalue weighted by atomic mass is 10.2. The molecule has 8 heteroatoms. The fourth-order valence-corrected chi connectivity index (χ4v) is 3.03. The SMILES string of the molecule is COC(=O)c1ccoc1CSc1nnc(-c2ccoc2C)n1C. The van der Waals surface area contributed by atoms with Crippen molar-refractivity contribution in [2.75, 3.05) is 7.11 Å². The van der Waals surface area contributed by atoms with Crippen molar-refractivity contribution < 1.29 is 18.4 Å². The van der Waals surface area contributed by atoms with E-state index in [1.165, 1.54) is 25.1 Å². The Morgan fingerprint density at radius 3 is 2.78 bits per heavy atom. The number of aromatic nitrogens is 3. The van der Waals surface area contributed by atoms with Crippen LogP contribution in [0.2, 0.25) is 0 Å². The molecule has 3 aromatic heterocycles. The van der Waals surface area contributed by atoms with Gasteiger partial charge in [0, 0.05) is 7.05 Å². The predicted octanol–water partition coefficient (Wildman–Crippen LogP) is 3.06. The number of carbonyl (C=O) groups excluding carboxylic acids is 1. The highest BCUT2D eigenvalue weighted by Crippen LogP contribution is 2.28. The molecule has 0 amide bonds. The molecule has 0 atom stereocenters. The first-order valence-corrected chi connectivity index (χ1v) is 7.81. The first-order valence-electron chi connectivity index (χ1n) is 6.83. The minimum atomic E-state index is -0.415. The summed E-state index contributed by atoms with van der Waals surface area (Å²) in [6.07, 6.45) is 3.09. The molecular formula is C15H15N3O4S. The van der Waals surface area contributed by atoms with Crippen molar-refractivity contribution in [2.45, 2.75) is 17.8 Å². The van der Waals surface area contributed by atoms with Crippen LogP contribution in [0.1, 0.15) is 21.9 Å². The smallest absolute Gasteiger partial charge is 0.341 e. The Balaban J connectivity index is 1.78. The number of hydrogen-bond donors (Lipinski definition) is 0. The Labute approximate surface area is 136 Å². The summed E-state index contributed by atoms with van der Waals surface area (Å²) in [5.74, 6) is 2.10. The quantitative estimate of drug-likeness (QED) is 0.524. The van der Waals surface area contributed by atoms with Crippen LogP contribution < -0.4 is 0 Å². The zero-order valence-electron chi connectivity index (χ0n) is 12.9. The average Bonchev–Trinajstić information content (AvgIpc) is 3.25. The summed E-state index contributed by atoms with van der Waals surface area (Å²) in [6, 6.07) is 3.45. The molecule has 3 heterocycles. The summed E-state index contributed by atoms with van der Waals surface area (Å²) < 4.78 is 17.3. The molecule has 3 aromatic rings. The average molecular weight is 333 g/mol. The van der Waals surface area contributed by atoms with E-state index < -0.39 is 5.97 Å². The minimum absolute atomic E-state index is 0.415.